The largest absolute Gasteiger partial charge is 0.319 e. The minimum Gasteiger partial charge on any atom is -0.319 e. The van der Waals surface area contributed by atoms with Gasteiger partial charge in [0.2, 0.25) is 0 Å². The van der Waals surface area contributed by atoms with Gasteiger partial charge in [-0.1, -0.05) is 12.1 Å². The predicted molar refractivity (Wildman–Crippen MR) is 79.9 cm³/mol. The van der Waals surface area contributed by atoms with E-state index in [-0.39, 0.29) is 11.4 Å². The number of aryl methyl sites for hydroxylation is 1. The molecule has 0 fully saturated rings. The number of carbonyl (C=O) groups is 1. The molecule has 108 valence electrons. The maximum absolute atomic E-state index is 13.7. The first kappa shape index (κ1) is 15.1. The molecule has 2 rings (SSSR count). The molecule has 1 N–H and O–H groups in total. The maximum Gasteiger partial charge on any atom is 0.272 e. The Hall–Kier alpha value is -2.28. The Labute approximate surface area is 128 Å². The van der Waals surface area contributed by atoms with Crippen LogP contribution in [0.3, 0.4) is 0 Å². The molecule has 0 aliphatic rings. The molecule has 0 unspecified atom stereocenters. The van der Waals surface area contributed by atoms with E-state index < -0.39 is 16.6 Å². The van der Waals surface area contributed by atoms with E-state index in [1.807, 2.05) is 13.0 Å². The zero-order valence-corrected chi connectivity index (χ0v) is 12.5. The van der Waals surface area contributed by atoms with E-state index in [0.717, 1.165) is 23.8 Å². The first-order chi connectivity index (χ1) is 9.90. The number of hydrogen-bond donors (Lipinski definition) is 1. The molecule has 0 heterocycles. The third-order valence-electron chi connectivity index (χ3n) is 2.85. The summed E-state index contributed by atoms with van der Waals surface area (Å²) in [5.74, 6) is -1.36. The summed E-state index contributed by atoms with van der Waals surface area (Å²) in [6, 6.07) is 8.18. The minimum absolute atomic E-state index is 0.112. The lowest BCUT2D eigenvalue weighted by molar-refractivity contribution is -0.385. The number of rotatable bonds is 3. The van der Waals surface area contributed by atoms with Crippen molar-refractivity contribution >= 4 is 33.2 Å². The smallest absolute Gasteiger partial charge is 0.272 e. The summed E-state index contributed by atoms with van der Waals surface area (Å²) < 4.78 is 14.4. The van der Waals surface area contributed by atoms with E-state index in [9.17, 15) is 19.3 Å². The number of nitrogens with zero attached hydrogens (tertiary/aromatic N) is 1. The fraction of sp³-hybridized carbons (Fsp3) is 0.0714. The molecule has 0 atom stereocenters. The fourth-order valence-electron chi connectivity index (χ4n) is 1.73. The molecule has 1 amide bonds. The van der Waals surface area contributed by atoms with Crippen LogP contribution in [0.2, 0.25) is 0 Å². The van der Waals surface area contributed by atoms with Crippen LogP contribution in [0.1, 0.15) is 15.9 Å². The van der Waals surface area contributed by atoms with Crippen molar-refractivity contribution in [3.8, 4) is 0 Å². The van der Waals surface area contributed by atoms with E-state index in [1.54, 1.807) is 12.1 Å². The number of non-ortho nitro benzene ring substituents is 1. The zero-order valence-electron chi connectivity index (χ0n) is 10.9. The summed E-state index contributed by atoms with van der Waals surface area (Å²) in [5, 5.41) is 12.9. The number of nitro groups is 1. The van der Waals surface area contributed by atoms with E-state index in [4.69, 9.17) is 0 Å². The Bertz CT molecular complexity index is 734. The molecule has 2 aromatic carbocycles. The molecule has 21 heavy (non-hydrogen) atoms. The summed E-state index contributed by atoms with van der Waals surface area (Å²) in [5.41, 5.74) is 0.737. The van der Waals surface area contributed by atoms with E-state index in [2.05, 4.69) is 21.2 Å². The van der Waals surface area contributed by atoms with Crippen LogP contribution in [0.4, 0.5) is 15.8 Å². The Balaban J connectivity index is 2.28. The summed E-state index contributed by atoms with van der Waals surface area (Å²) in [7, 11) is 0. The van der Waals surface area contributed by atoms with E-state index in [1.165, 1.54) is 0 Å². The molecule has 7 heteroatoms. The fourth-order valence-corrected chi connectivity index (χ4v) is 2.18. The topological polar surface area (TPSA) is 72.2 Å². The van der Waals surface area contributed by atoms with Crippen LogP contribution in [0.25, 0.3) is 0 Å². The molecule has 0 bridgehead atoms. The van der Waals surface area contributed by atoms with Gasteiger partial charge in [0, 0.05) is 10.5 Å². The van der Waals surface area contributed by atoms with Crippen molar-refractivity contribution in [2.75, 3.05) is 5.32 Å². The van der Waals surface area contributed by atoms with Crippen LogP contribution in [0, 0.1) is 22.9 Å². The molecule has 5 nitrogen and oxygen atoms in total. The van der Waals surface area contributed by atoms with Crippen LogP contribution in [0.15, 0.2) is 40.9 Å². The number of halogens is 2. The Morgan fingerprint density at radius 3 is 2.67 bits per heavy atom. The third kappa shape index (κ3) is 3.25. The highest BCUT2D eigenvalue weighted by molar-refractivity contribution is 9.10. The summed E-state index contributed by atoms with van der Waals surface area (Å²) >= 11 is 3.30. The van der Waals surface area contributed by atoms with Crippen molar-refractivity contribution in [2.45, 2.75) is 6.92 Å². The molecule has 0 aliphatic heterocycles. The molecule has 0 saturated carbocycles. The third-order valence-corrected chi connectivity index (χ3v) is 3.90. The second-order valence-electron chi connectivity index (χ2n) is 4.31. The lowest BCUT2D eigenvalue weighted by Crippen LogP contribution is -2.14. The number of carbonyl (C=O) groups excluding carboxylic acids is 1. The van der Waals surface area contributed by atoms with Gasteiger partial charge in [0.1, 0.15) is 0 Å². The first-order valence-electron chi connectivity index (χ1n) is 5.90. The SMILES string of the molecule is Cc1cccc(C(=O)Nc2ccc([N+](=O)[O-])cc2F)c1Br. The maximum atomic E-state index is 13.7. The predicted octanol–water partition coefficient (Wildman–Crippen LogP) is 4.06. The highest BCUT2D eigenvalue weighted by Gasteiger charge is 2.15. The van der Waals surface area contributed by atoms with Gasteiger partial charge in [-0.3, -0.25) is 14.9 Å². The molecule has 0 aliphatic carbocycles. The van der Waals surface area contributed by atoms with Crippen molar-refractivity contribution in [3.63, 3.8) is 0 Å². The van der Waals surface area contributed by atoms with E-state index in [0.29, 0.717) is 10.0 Å². The van der Waals surface area contributed by atoms with Gasteiger partial charge in [-0.2, -0.15) is 0 Å². The highest BCUT2D eigenvalue weighted by Crippen LogP contribution is 2.24. The normalized spacial score (nSPS) is 10.2. The van der Waals surface area contributed by atoms with Gasteiger partial charge in [-0.25, -0.2) is 4.39 Å². The van der Waals surface area contributed by atoms with Crippen LogP contribution in [0.5, 0.6) is 0 Å². The molecule has 0 spiro atoms. The summed E-state index contributed by atoms with van der Waals surface area (Å²) in [4.78, 5) is 21.9. The van der Waals surface area contributed by atoms with E-state index >= 15 is 0 Å². The first-order valence-corrected chi connectivity index (χ1v) is 6.70. The highest BCUT2D eigenvalue weighted by atomic mass is 79.9. The second-order valence-corrected chi connectivity index (χ2v) is 5.10. The minimum atomic E-state index is -0.860. The van der Waals surface area contributed by atoms with Gasteiger partial charge in [-0.15, -0.1) is 0 Å². The number of anilines is 1. The van der Waals surface area contributed by atoms with Gasteiger partial charge >= 0.3 is 0 Å². The molecular formula is C14H10BrFN2O3. The van der Waals surface area contributed by atoms with Crippen LogP contribution in [-0.4, -0.2) is 10.8 Å². The molecular weight excluding hydrogens is 343 g/mol. The van der Waals surface area contributed by atoms with Gasteiger partial charge in [0.15, 0.2) is 5.82 Å². The Kier molecular flexibility index (Phi) is 4.32. The summed E-state index contributed by atoms with van der Waals surface area (Å²) in [6.07, 6.45) is 0. The lowest BCUT2D eigenvalue weighted by Gasteiger charge is -2.09. The average molecular weight is 353 g/mol. The van der Waals surface area contributed by atoms with Crippen molar-refractivity contribution < 1.29 is 14.1 Å². The summed E-state index contributed by atoms with van der Waals surface area (Å²) in [6.45, 7) is 1.83. The monoisotopic (exact) mass is 352 g/mol. The Morgan fingerprint density at radius 2 is 2.05 bits per heavy atom. The number of nitro benzene ring substituents is 1. The Morgan fingerprint density at radius 1 is 1.33 bits per heavy atom. The lowest BCUT2D eigenvalue weighted by atomic mass is 10.1. The molecule has 0 saturated heterocycles. The number of benzene rings is 2. The second kappa shape index (κ2) is 6.01. The number of amides is 1. The number of hydrogen-bond acceptors (Lipinski definition) is 3. The molecule has 0 aromatic heterocycles. The number of nitrogens with one attached hydrogen (secondary N) is 1. The van der Waals surface area contributed by atoms with Gasteiger partial charge < -0.3 is 5.32 Å². The van der Waals surface area contributed by atoms with Crippen LogP contribution < -0.4 is 5.32 Å². The quantitative estimate of drug-likeness (QED) is 0.668. The van der Waals surface area contributed by atoms with Crippen molar-refractivity contribution in [1.29, 1.82) is 0 Å². The van der Waals surface area contributed by atoms with Crippen molar-refractivity contribution in [2.24, 2.45) is 0 Å². The zero-order chi connectivity index (χ0) is 15.6. The van der Waals surface area contributed by atoms with Crippen molar-refractivity contribution in [3.05, 3.63) is 67.9 Å². The standard InChI is InChI=1S/C14H10BrFN2O3/c1-8-3-2-4-10(13(8)15)14(19)17-12-6-5-9(18(20)21)7-11(12)16/h2-7H,1H3,(H,17,19). The van der Waals surface area contributed by atoms with Crippen LogP contribution >= 0.6 is 15.9 Å². The van der Waals surface area contributed by atoms with Crippen LogP contribution in [-0.2, 0) is 0 Å². The van der Waals surface area contributed by atoms with Gasteiger partial charge in [-0.05, 0) is 40.5 Å². The van der Waals surface area contributed by atoms with Crippen molar-refractivity contribution in [1.82, 2.24) is 0 Å². The molecule has 0 radical (unpaired) electrons. The average Bonchev–Trinajstić information content (AvgIpc) is 2.43. The van der Waals surface area contributed by atoms with Gasteiger partial charge in [0.25, 0.3) is 11.6 Å². The van der Waals surface area contributed by atoms with Gasteiger partial charge in [0.05, 0.1) is 22.2 Å². The molecule has 2 aromatic rings.